The van der Waals surface area contributed by atoms with E-state index >= 15 is 0 Å². The molecular formula is C15H13Br2ClO2. The van der Waals surface area contributed by atoms with Crippen molar-refractivity contribution in [1.29, 1.82) is 0 Å². The largest absolute Gasteiger partial charge is 0.496 e. The van der Waals surface area contributed by atoms with Crippen molar-refractivity contribution >= 4 is 43.5 Å². The third kappa shape index (κ3) is 3.76. The van der Waals surface area contributed by atoms with Gasteiger partial charge in [0.1, 0.15) is 5.75 Å². The molecule has 20 heavy (non-hydrogen) atoms. The van der Waals surface area contributed by atoms with Crippen LogP contribution in [0.3, 0.4) is 0 Å². The van der Waals surface area contributed by atoms with Crippen LogP contribution in [0, 0.1) is 0 Å². The lowest BCUT2D eigenvalue weighted by atomic mass is 10.0. The molecule has 0 fully saturated rings. The minimum atomic E-state index is -0.615. The Hall–Kier alpha value is -0.550. The maximum atomic E-state index is 10.3. The highest BCUT2D eigenvalue weighted by molar-refractivity contribution is 9.10. The number of methoxy groups -OCH3 is 1. The summed E-state index contributed by atoms with van der Waals surface area (Å²) in [4.78, 5) is 0. The smallest absolute Gasteiger partial charge is 0.133 e. The average molecular weight is 421 g/mol. The van der Waals surface area contributed by atoms with Crippen LogP contribution >= 0.6 is 43.5 Å². The highest BCUT2D eigenvalue weighted by atomic mass is 79.9. The van der Waals surface area contributed by atoms with Gasteiger partial charge in [-0.2, -0.15) is 0 Å². The Labute approximate surface area is 140 Å². The van der Waals surface area contributed by atoms with Crippen LogP contribution in [-0.2, 0) is 6.42 Å². The molecule has 0 radical (unpaired) electrons. The quantitative estimate of drug-likeness (QED) is 0.741. The number of halogens is 3. The van der Waals surface area contributed by atoms with E-state index in [2.05, 4.69) is 31.9 Å². The molecule has 0 aromatic heterocycles. The zero-order valence-corrected chi connectivity index (χ0v) is 14.7. The van der Waals surface area contributed by atoms with Crippen molar-refractivity contribution in [3.63, 3.8) is 0 Å². The van der Waals surface area contributed by atoms with E-state index in [4.69, 9.17) is 16.3 Å². The molecule has 1 atom stereocenters. The molecule has 0 saturated carbocycles. The van der Waals surface area contributed by atoms with Gasteiger partial charge >= 0.3 is 0 Å². The molecule has 2 rings (SSSR count). The molecule has 1 N–H and O–H groups in total. The van der Waals surface area contributed by atoms with Crippen molar-refractivity contribution in [3.8, 4) is 5.75 Å². The summed E-state index contributed by atoms with van der Waals surface area (Å²) in [6.45, 7) is 0. The first-order valence-electron chi connectivity index (χ1n) is 5.96. The summed E-state index contributed by atoms with van der Waals surface area (Å²) in [7, 11) is 1.61. The molecule has 106 valence electrons. The van der Waals surface area contributed by atoms with Gasteiger partial charge < -0.3 is 9.84 Å². The maximum Gasteiger partial charge on any atom is 0.133 e. The minimum absolute atomic E-state index is 0.463. The monoisotopic (exact) mass is 418 g/mol. The van der Waals surface area contributed by atoms with E-state index in [1.165, 1.54) is 0 Å². The van der Waals surface area contributed by atoms with Crippen molar-refractivity contribution in [2.45, 2.75) is 12.5 Å². The standard InChI is InChI=1S/C15H13Br2ClO2/c1-20-15-5-3-10(6-12(15)17)14(19)7-9-2-4-11(16)8-13(9)18/h2-6,8,14,19H,7H2,1H3. The molecule has 0 aliphatic heterocycles. The summed E-state index contributed by atoms with van der Waals surface area (Å²) >= 11 is 13.0. The summed E-state index contributed by atoms with van der Waals surface area (Å²) in [6, 6.07) is 11.2. The van der Waals surface area contributed by atoms with Crippen LogP contribution < -0.4 is 4.74 Å². The number of aliphatic hydroxyl groups is 1. The van der Waals surface area contributed by atoms with Crippen LogP contribution in [0.15, 0.2) is 45.3 Å². The zero-order valence-electron chi connectivity index (χ0n) is 10.7. The first-order valence-corrected chi connectivity index (χ1v) is 7.93. The molecule has 0 aliphatic rings. The fraction of sp³-hybridized carbons (Fsp3) is 0.200. The molecule has 0 heterocycles. The normalized spacial score (nSPS) is 12.2. The summed E-state index contributed by atoms with van der Waals surface area (Å²) < 4.78 is 6.92. The highest BCUT2D eigenvalue weighted by Gasteiger charge is 2.13. The lowest BCUT2D eigenvalue weighted by molar-refractivity contribution is 0.178. The van der Waals surface area contributed by atoms with E-state index in [0.29, 0.717) is 11.4 Å². The van der Waals surface area contributed by atoms with Crippen LogP contribution in [0.25, 0.3) is 0 Å². The molecular weight excluding hydrogens is 407 g/mol. The Morgan fingerprint density at radius 3 is 2.55 bits per heavy atom. The number of benzene rings is 2. The molecule has 5 heteroatoms. The molecule has 0 saturated heterocycles. The molecule has 0 spiro atoms. The predicted molar refractivity (Wildman–Crippen MR) is 88.5 cm³/mol. The van der Waals surface area contributed by atoms with E-state index in [1.54, 1.807) is 7.11 Å². The first-order chi connectivity index (χ1) is 9.51. The van der Waals surface area contributed by atoms with E-state index in [-0.39, 0.29) is 0 Å². The number of rotatable bonds is 4. The first kappa shape index (κ1) is 15.8. The van der Waals surface area contributed by atoms with Crippen LogP contribution in [0.1, 0.15) is 17.2 Å². The zero-order chi connectivity index (χ0) is 14.7. The molecule has 2 aromatic carbocycles. The van der Waals surface area contributed by atoms with Crippen LogP contribution in [0.2, 0.25) is 5.02 Å². The molecule has 0 amide bonds. The fourth-order valence-electron chi connectivity index (χ4n) is 1.90. The molecule has 0 aliphatic carbocycles. The molecule has 2 nitrogen and oxygen atoms in total. The van der Waals surface area contributed by atoms with E-state index in [9.17, 15) is 5.11 Å². The van der Waals surface area contributed by atoms with Crippen molar-refractivity contribution < 1.29 is 9.84 Å². The second-order valence-corrected chi connectivity index (χ2v) is 6.53. The second kappa shape index (κ2) is 6.94. The number of aliphatic hydroxyl groups excluding tert-OH is 1. The van der Waals surface area contributed by atoms with Crippen LogP contribution in [0.4, 0.5) is 0 Å². The van der Waals surface area contributed by atoms with Gasteiger partial charge in [-0.05, 0) is 51.3 Å². The Balaban J connectivity index is 2.19. The Kier molecular flexibility index (Phi) is 5.49. The summed E-state index contributed by atoms with van der Waals surface area (Å²) in [5.41, 5.74) is 1.73. The van der Waals surface area contributed by atoms with Gasteiger partial charge in [0.2, 0.25) is 0 Å². The number of hydrogen-bond donors (Lipinski definition) is 1. The van der Waals surface area contributed by atoms with Crippen molar-refractivity contribution in [2.24, 2.45) is 0 Å². The van der Waals surface area contributed by atoms with Crippen molar-refractivity contribution in [1.82, 2.24) is 0 Å². The molecule has 1 unspecified atom stereocenters. The lowest BCUT2D eigenvalue weighted by Crippen LogP contribution is -2.02. The van der Waals surface area contributed by atoms with E-state index in [1.807, 2.05) is 36.4 Å². The topological polar surface area (TPSA) is 29.5 Å². The number of hydrogen-bond acceptors (Lipinski definition) is 2. The lowest BCUT2D eigenvalue weighted by Gasteiger charge is -2.14. The number of ether oxygens (including phenoxy) is 1. The van der Waals surface area contributed by atoms with Crippen LogP contribution in [0.5, 0.6) is 5.75 Å². The SMILES string of the molecule is COc1ccc(C(O)Cc2ccc(Br)cc2Cl)cc1Br. The molecule has 2 aromatic rings. The third-order valence-electron chi connectivity index (χ3n) is 2.99. The van der Waals surface area contributed by atoms with Gasteiger partial charge in [-0.15, -0.1) is 0 Å². The minimum Gasteiger partial charge on any atom is -0.496 e. The summed E-state index contributed by atoms with van der Waals surface area (Å²) in [5.74, 6) is 0.739. The van der Waals surface area contributed by atoms with Gasteiger partial charge in [-0.25, -0.2) is 0 Å². The van der Waals surface area contributed by atoms with Crippen LogP contribution in [-0.4, -0.2) is 12.2 Å². The van der Waals surface area contributed by atoms with Crippen molar-refractivity contribution in [2.75, 3.05) is 7.11 Å². The summed E-state index contributed by atoms with van der Waals surface area (Å²) in [6.07, 6.45) is -0.152. The Morgan fingerprint density at radius 2 is 1.95 bits per heavy atom. The van der Waals surface area contributed by atoms with Gasteiger partial charge in [0.25, 0.3) is 0 Å². The van der Waals surface area contributed by atoms with Gasteiger partial charge in [-0.3, -0.25) is 0 Å². The average Bonchev–Trinajstić information content (AvgIpc) is 2.41. The van der Waals surface area contributed by atoms with Gasteiger partial charge in [0.05, 0.1) is 17.7 Å². The third-order valence-corrected chi connectivity index (χ3v) is 4.45. The predicted octanol–water partition coefficient (Wildman–Crippen LogP) is 5.15. The Morgan fingerprint density at radius 1 is 1.20 bits per heavy atom. The van der Waals surface area contributed by atoms with Gasteiger partial charge in [0, 0.05) is 15.9 Å². The fourth-order valence-corrected chi connectivity index (χ4v) is 3.21. The summed E-state index contributed by atoms with van der Waals surface area (Å²) in [5, 5.41) is 11.0. The maximum absolute atomic E-state index is 10.3. The highest BCUT2D eigenvalue weighted by Crippen LogP contribution is 2.31. The van der Waals surface area contributed by atoms with Crippen molar-refractivity contribution in [3.05, 3.63) is 61.5 Å². The Bertz CT molecular complexity index is 617. The van der Waals surface area contributed by atoms with E-state index in [0.717, 1.165) is 25.8 Å². The van der Waals surface area contributed by atoms with E-state index < -0.39 is 6.10 Å². The second-order valence-electron chi connectivity index (χ2n) is 4.35. The van der Waals surface area contributed by atoms with Gasteiger partial charge in [-0.1, -0.05) is 39.7 Å². The molecule has 0 bridgehead atoms. The van der Waals surface area contributed by atoms with Gasteiger partial charge in [0.15, 0.2) is 0 Å².